The van der Waals surface area contributed by atoms with Gasteiger partial charge < -0.3 is 15.4 Å². The third-order valence-corrected chi connectivity index (χ3v) is 5.09. The molecular weight excluding hydrogens is 442 g/mol. The third-order valence-electron chi connectivity index (χ3n) is 4.83. The van der Waals surface area contributed by atoms with Gasteiger partial charge in [0.15, 0.2) is 6.61 Å². The number of benzene rings is 3. The summed E-state index contributed by atoms with van der Waals surface area (Å²) in [7, 11) is 0. The molecule has 8 heteroatoms. The number of carbonyl (C=O) groups is 3. The highest BCUT2D eigenvalue weighted by molar-refractivity contribution is 6.30. The molecule has 0 aliphatic carbocycles. The zero-order valence-corrected chi connectivity index (χ0v) is 18.2. The highest BCUT2D eigenvalue weighted by Gasteiger charge is 2.33. The second-order valence-electron chi connectivity index (χ2n) is 7.28. The molecule has 4 amide bonds. The lowest BCUT2D eigenvalue weighted by Crippen LogP contribution is -2.30. The van der Waals surface area contributed by atoms with Crippen LogP contribution in [0.2, 0.25) is 5.02 Å². The van der Waals surface area contributed by atoms with E-state index in [1.165, 1.54) is 0 Å². The summed E-state index contributed by atoms with van der Waals surface area (Å²) in [6.45, 7) is 0.0144. The van der Waals surface area contributed by atoms with E-state index >= 15 is 0 Å². The Morgan fingerprint density at radius 2 is 1.67 bits per heavy atom. The van der Waals surface area contributed by atoms with Gasteiger partial charge in [-0.15, -0.1) is 0 Å². The van der Waals surface area contributed by atoms with Gasteiger partial charge in [-0.2, -0.15) is 0 Å². The predicted molar refractivity (Wildman–Crippen MR) is 126 cm³/mol. The van der Waals surface area contributed by atoms with Gasteiger partial charge in [0.25, 0.3) is 11.8 Å². The quantitative estimate of drug-likeness (QED) is 0.402. The predicted octanol–water partition coefficient (Wildman–Crippen LogP) is 4.45. The van der Waals surface area contributed by atoms with Crippen LogP contribution in [0.1, 0.15) is 11.1 Å². The van der Waals surface area contributed by atoms with Crippen molar-refractivity contribution in [1.29, 1.82) is 0 Å². The second-order valence-corrected chi connectivity index (χ2v) is 7.71. The summed E-state index contributed by atoms with van der Waals surface area (Å²) in [6, 6.07) is 22.4. The summed E-state index contributed by atoms with van der Waals surface area (Å²) in [5.41, 5.74) is 2.38. The smallest absolute Gasteiger partial charge is 0.329 e. The lowest BCUT2D eigenvalue weighted by atomic mass is 10.1. The van der Waals surface area contributed by atoms with E-state index in [1.807, 2.05) is 18.2 Å². The fourth-order valence-corrected chi connectivity index (χ4v) is 3.31. The van der Waals surface area contributed by atoms with Crippen LogP contribution in [0.3, 0.4) is 0 Å². The van der Waals surface area contributed by atoms with Gasteiger partial charge in [0.1, 0.15) is 11.4 Å². The topological polar surface area (TPSA) is 87.7 Å². The Morgan fingerprint density at radius 1 is 0.970 bits per heavy atom. The second kappa shape index (κ2) is 10.0. The molecule has 7 nitrogen and oxygen atoms in total. The van der Waals surface area contributed by atoms with Crippen molar-refractivity contribution < 1.29 is 19.1 Å². The first-order valence-corrected chi connectivity index (χ1v) is 10.5. The largest absolute Gasteiger partial charge is 0.484 e. The molecule has 3 aromatic carbocycles. The first kappa shape index (κ1) is 22.1. The number of anilines is 1. The van der Waals surface area contributed by atoms with Crippen LogP contribution in [0, 0.1) is 0 Å². The van der Waals surface area contributed by atoms with Crippen molar-refractivity contribution in [2.75, 3.05) is 11.9 Å². The van der Waals surface area contributed by atoms with Crippen LogP contribution >= 0.6 is 11.6 Å². The van der Waals surface area contributed by atoms with E-state index in [0.29, 0.717) is 22.0 Å². The molecule has 0 atom stereocenters. The first-order chi connectivity index (χ1) is 16.0. The molecule has 0 spiro atoms. The molecule has 2 N–H and O–H groups in total. The molecule has 166 valence electrons. The number of urea groups is 1. The van der Waals surface area contributed by atoms with Crippen molar-refractivity contribution in [2.45, 2.75) is 6.54 Å². The number of nitrogens with one attached hydrogen (secondary N) is 2. The molecule has 0 aromatic heterocycles. The number of nitrogens with zero attached hydrogens (tertiary/aromatic N) is 1. The SMILES string of the molecule is O=C(COc1ccc(/C=C2\NC(=O)N(Cc3ccc(Cl)cc3)C2=O)cc1)Nc1ccccc1. The van der Waals surface area contributed by atoms with Crippen LogP contribution in [0.4, 0.5) is 10.5 Å². The Bertz CT molecular complexity index is 1190. The molecule has 1 aliphatic rings. The molecule has 1 fully saturated rings. The number of hydrogen-bond donors (Lipinski definition) is 2. The molecule has 0 unspecified atom stereocenters. The van der Waals surface area contributed by atoms with E-state index in [0.717, 1.165) is 10.5 Å². The third kappa shape index (κ3) is 5.78. The van der Waals surface area contributed by atoms with E-state index in [2.05, 4.69) is 10.6 Å². The summed E-state index contributed by atoms with van der Waals surface area (Å²) in [4.78, 5) is 38.1. The summed E-state index contributed by atoms with van der Waals surface area (Å²) < 4.78 is 5.51. The minimum Gasteiger partial charge on any atom is -0.484 e. The van der Waals surface area contributed by atoms with E-state index in [-0.39, 0.29) is 24.8 Å². The van der Waals surface area contributed by atoms with Crippen LogP contribution in [-0.4, -0.2) is 29.4 Å². The molecule has 0 saturated carbocycles. The van der Waals surface area contributed by atoms with Gasteiger partial charge in [-0.1, -0.05) is 54.1 Å². The number of para-hydroxylation sites is 1. The van der Waals surface area contributed by atoms with Crippen molar-refractivity contribution in [1.82, 2.24) is 10.2 Å². The van der Waals surface area contributed by atoms with E-state index in [1.54, 1.807) is 66.7 Å². The van der Waals surface area contributed by atoms with Gasteiger partial charge in [0, 0.05) is 10.7 Å². The summed E-state index contributed by atoms with van der Waals surface area (Å²) >= 11 is 5.88. The normalized spacial score (nSPS) is 14.3. The van der Waals surface area contributed by atoms with E-state index < -0.39 is 11.9 Å². The van der Waals surface area contributed by atoms with Crippen molar-refractivity contribution in [2.24, 2.45) is 0 Å². The van der Waals surface area contributed by atoms with Crippen molar-refractivity contribution in [3.05, 3.63) is 101 Å². The maximum absolute atomic E-state index is 12.7. The molecule has 4 rings (SSSR count). The fraction of sp³-hybridized carbons (Fsp3) is 0.0800. The Hall–Kier alpha value is -4.10. The summed E-state index contributed by atoms with van der Waals surface area (Å²) in [6.07, 6.45) is 1.59. The number of rotatable bonds is 7. The van der Waals surface area contributed by atoms with Crippen LogP contribution in [0.15, 0.2) is 84.6 Å². The summed E-state index contributed by atoms with van der Waals surface area (Å²) in [5.74, 6) is -0.174. The van der Waals surface area contributed by atoms with Gasteiger partial charge in [-0.3, -0.25) is 14.5 Å². The maximum atomic E-state index is 12.7. The molecular formula is C25H20ClN3O4. The minimum atomic E-state index is -0.481. The number of hydrogen-bond acceptors (Lipinski definition) is 4. The van der Waals surface area contributed by atoms with Gasteiger partial charge in [0.05, 0.1) is 6.54 Å². The molecule has 33 heavy (non-hydrogen) atoms. The minimum absolute atomic E-state index is 0.135. The van der Waals surface area contributed by atoms with Gasteiger partial charge in [-0.25, -0.2) is 4.79 Å². The molecule has 3 aromatic rings. The number of amides is 4. The molecule has 1 aliphatic heterocycles. The van der Waals surface area contributed by atoms with Crippen LogP contribution in [-0.2, 0) is 16.1 Å². The lowest BCUT2D eigenvalue weighted by molar-refractivity contribution is -0.123. The lowest BCUT2D eigenvalue weighted by Gasteiger charge is -2.11. The zero-order valence-electron chi connectivity index (χ0n) is 17.5. The van der Waals surface area contributed by atoms with Crippen LogP contribution < -0.4 is 15.4 Å². The Morgan fingerprint density at radius 3 is 2.36 bits per heavy atom. The van der Waals surface area contributed by atoms with Crippen LogP contribution in [0.25, 0.3) is 6.08 Å². The number of carbonyl (C=O) groups excluding carboxylic acids is 3. The molecule has 1 saturated heterocycles. The van der Waals surface area contributed by atoms with Gasteiger partial charge >= 0.3 is 6.03 Å². The molecule has 1 heterocycles. The summed E-state index contributed by atoms with van der Waals surface area (Å²) in [5, 5.41) is 5.93. The average molecular weight is 462 g/mol. The standard InChI is InChI=1S/C25H20ClN3O4/c26-19-10-6-18(7-11-19)15-29-24(31)22(28-25(29)32)14-17-8-12-21(13-9-17)33-16-23(30)27-20-4-2-1-3-5-20/h1-14H,15-16H2,(H,27,30)(H,28,32)/b22-14-. The highest BCUT2D eigenvalue weighted by atomic mass is 35.5. The number of ether oxygens (including phenoxy) is 1. The van der Waals surface area contributed by atoms with Crippen molar-refractivity contribution in [3.63, 3.8) is 0 Å². The molecule has 0 radical (unpaired) electrons. The Labute approximate surface area is 195 Å². The number of imide groups is 1. The monoisotopic (exact) mass is 461 g/mol. The number of halogens is 1. The highest BCUT2D eigenvalue weighted by Crippen LogP contribution is 2.20. The van der Waals surface area contributed by atoms with E-state index in [9.17, 15) is 14.4 Å². The van der Waals surface area contributed by atoms with E-state index in [4.69, 9.17) is 16.3 Å². The fourth-order valence-electron chi connectivity index (χ4n) is 3.18. The Balaban J connectivity index is 1.34. The first-order valence-electron chi connectivity index (χ1n) is 10.1. The zero-order chi connectivity index (χ0) is 23.2. The Kier molecular flexibility index (Phi) is 6.71. The van der Waals surface area contributed by atoms with Crippen molar-refractivity contribution in [3.8, 4) is 5.75 Å². The van der Waals surface area contributed by atoms with Crippen molar-refractivity contribution >= 4 is 41.2 Å². The maximum Gasteiger partial charge on any atom is 0.329 e. The van der Waals surface area contributed by atoms with Gasteiger partial charge in [0.2, 0.25) is 0 Å². The van der Waals surface area contributed by atoms with Gasteiger partial charge in [-0.05, 0) is 53.6 Å². The average Bonchev–Trinajstić information content (AvgIpc) is 3.08. The van der Waals surface area contributed by atoms with Crippen LogP contribution in [0.5, 0.6) is 5.75 Å². The molecule has 0 bridgehead atoms.